The van der Waals surface area contributed by atoms with Gasteiger partial charge < -0.3 is 34.3 Å². The topological polar surface area (TPSA) is 107 Å². The fourth-order valence-electron chi connectivity index (χ4n) is 3.26. The van der Waals surface area contributed by atoms with E-state index in [1.165, 1.54) is 4.90 Å². The maximum atomic E-state index is 12.9. The number of carbonyl (C=O) groups is 2. The highest BCUT2D eigenvalue weighted by atomic mass is 19.4. The smallest absolute Gasteiger partial charge is 0.416 e. The summed E-state index contributed by atoms with van der Waals surface area (Å²) < 4.78 is 59.6. The van der Waals surface area contributed by atoms with Crippen LogP contribution in [0, 0.1) is 0 Å². The summed E-state index contributed by atoms with van der Waals surface area (Å²) in [6.07, 6.45) is -5.67. The van der Waals surface area contributed by atoms with Crippen LogP contribution in [-0.2, 0) is 29.9 Å². The molecule has 1 saturated heterocycles. The molecule has 33 heavy (non-hydrogen) atoms. The van der Waals surface area contributed by atoms with E-state index in [2.05, 4.69) is 5.32 Å². The number of nitrogens with zero attached hydrogens (tertiary/aromatic N) is 1. The summed E-state index contributed by atoms with van der Waals surface area (Å²) in [5, 5.41) is 11.2. The summed E-state index contributed by atoms with van der Waals surface area (Å²) in [5.74, 6) is -0.548. The van der Waals surface area contributed by atoms with Gasteiger partial charge in [0.1, 0.15) is 6.04 Å². The zero-order valence-corrected chi connectivity index (χ0v) is 18.3. The Labute approximate surface area is 189 Å². The molecule has 2 rings (SSSR count). The second-order valence-electron chi connectivity index (χ2n) is 7.29. The van der Waals surface area contributed by atoms with Crippen LogP contribution < -0.4 is 5.32 Å². The van der Waals surface area contributed by atoms with Gasteiger partial charge in [0, 0.05) is 20.2 Å². The first-order valence-corrected chi connectivity index (χ1v) is 10.4. The fourth-order valence-corrected chi connectivity index (χ4v) is 3.26. The fraction of sp³-hybridized carbons (Fsp3) is 0.619. The largest absolute Gasteiger partial charge is 0.465 e. The SMILES string of the molecule is COCCOCCOCCO[C@H]1CCN(C(=O)[C@@H](NC(=O)O)c2ccc(C(F)(F)F)cc2)C1. The van der Waals surface area contributed by atoms with Crippen molar-refractivity contribution in [3.8, 4) is 0 Å². The Morgan fingerprint density at radius 3 is 2.27 bits per heavy atom. The highest BCUT2D eigenvalue weighted by Crippen LogP contribution is 2.30. The van der Waals surface area contributed by atoms with Crippen molar-refractivity contribution >= 4 is 12.0 Å². The average Bonchev–Trinajstić information content (AvgIpc) is 3.24. The third kappa shape index (κ3) is 9.16. The molecule has 1 aromatic carbocycles. The van der Waals surface area contributed by atoms with Gasteiger partial charge in [-0.15, -0.1) is 0 Å². The van der Waals surface area contributed by atoms with Crippen LogP contribution in [0.5, 0.6) is 0 Å². The third-order valence-electron chi connectivity index (χ3n) is 4.93. The zero-order chi connectivity index (χ0) is 24.3. The van der Waals surface area contributed by atoms with Crippen LogP contribution in [0.25, 0.3) is 0 Å². The summed E-state index contributed by atoms with van der Waals surface area (Å²) >= 11 is 0. The molecule has 2 N–H and O–H groups in total. The first-order valence-electron chi connectivity index (χ1n) is 10.4. The number of halogens is 3. The summed E-state index contributed by atoms with van der Waals surface area (Å²) in [5.41, 5.74) is -0.757. The maximum Gasteiger partial charge on any atom is 0.416 e. The van der Waals surface area contributed by atoms with Crippen molar-refractivity contribution in [2.75, 3.05) is 59.8 Å². The van der Waals surface area contributed by atoms with Crippen LogP contribution in [0.4, 0.5) is 18.0 Å². The summed E-state index contributed by atoms with van der Waals surface area (Å²) in [7, 11) is 1.59. The lowest BCUT2D eigenvalue weighted by Gasteiger charge is -2.24. The van der Waals surface area contributed by atoms with Gasteiger partial charge in [0.25, 0.3) is 0 Å². The highest BCUT2D eigenvalue weighted by Gasteiger charge is 2.34. The second kappa shape index (κ2) is 13.3. The van der Waals surface area contributed by atoms with Gasteiger partial charge in [-0.05, 0) is 24.1 Å². The molecule has 0 aromatic heterocycles. The van der Waals surface area contributed by atoms with E-state index in [1.807, 2.05) is 0 Å². The normalized spacial score (nSPS) is 17.2. The standard InChI is InChI=1S/C21H29F3N2O7/c1-30-8-9-31-10-11-32-12-13-33-17-6-7-26(14-17)19(27)18(25-20(28)29)15-2-4-16(5-3-15)21(22,23)24/h2-5,17-18,25H,6-14H2,1H3,(H,28,29)/t17-,18-/m0/s1. The summed E-state index contributed by atoms with van der Waals surface area (Å²) in [4.78, 5) is 25.5. The van der Waals surface area contributed by atoms with Gasteiger partial charge >= 0.3 is 12.3 Å². The Morgan fingerprint density at radius 2 is 1.70 bits per heavy atom. The van der Waals surface area contributed by atoms with E-state index >= 15 is 0 Å². The monoisotopic (exact) mass is 478 g/mol. The van der Waals surface area contributed by atoms with E-state index in [0.29, 0.717) is 52.6 Å². The van der Waals surface area contributed by atoms with Crippen LogP contribution in [0.3, 0.4) is 0 Å². The molecular formula is C21H29F3N2O7. The predicted molar refractivity (Wildman–Crippen MR) is 110 cm³/mol. The van der Waals surface area contributed by atoms with Crippen LogP contribution in [0.1, 0.15) is 23.6 Å². The van der Waals surface area contributed by atoms with Gasteiger partial charge in [-0.3, -0.25) is 4.79 Å². The molecule has 1 heterocycles. The second-order valence-corrected chi connectivity index (χ2v) is 7.29. The van der Waals surface area contributed by atoms with Crippen molar-refractivity contribution in [2.24, 2.45) is 0 Å². The van der Waals surface area contributed by atoms with Gasteiger partial charge in [-0.25, -0.2) is 4.79 Å². The molecule has 1 aliphatic rings. The van der Waals surface area contributed by atoms with Crippen LogP contribution in [0.15, 0.2) is 24.3 Å². The number of likely N-dealkylation sites (tertiary alicyclic amines) is 1. The van der Waals surface area contributed by atoms with Gasteiger partial charge in [-0.1, -0.05) is 12.1 Å². The maximum absolute atomic E-state index is 12.9. The predicted octanol–water partition coefficient (Wildman–Crippen LogP) is 2.31. The van der Waals surface area contributed by atoms with E-state index in [1.54, 1.807) is 7.11 Å². The number of alkyl halides is 3. The third-order valence-corrected chi connectivity index (χ3v) is 4.93. The number of nitrogens with one attached hydrogen (secondary N) is 1. The van der Waals surface area contributed by atoms with E-state index in [-0.39, 0.29) is 18.2 Å². The molecule has 0 spiro atoms. The Bertz CT molecular complexity index is 746. The Balaban J connectivity index is 1.81. The van der Waals surface area contributed by atoms with Crippen molar-refractivity contribution < 1.29 is 46.8 Å². The molecule has 12 heteroatoms. The average molecular weight is 478 g/mol. The van der Waals surface area contributed by atoms with Crippen LogP contribution >= 0.6 is 0 Å². The van der Waals surface area contributed by atoms with Gasteiger partial charge in [0.05, 0.1) is 51.3 Å². The number of carboxylic acid groups (broad SMARTS) is 1. The molecule has 9 nitrogen and oxygen atoms in total. The number of hydrogen-bond acceptors (Lipinski definition) is 6. The minimum Gasteiger partial charge on any atom is -0.465 e. The van der Waals surface area contributed by atoms with Crippen molar-refractivity contribution in [1.29, 1.82) is 0 Å². The molecule has 186 valence electrons. The van der Waals surface area contributed by atoms with E-state index in [0.717, 1.165) is 24.3 Å². The molecule has 2 atom stereocenters. The molecule has 2 amide bonds. The summed E-state index contributed by atoms with van der Waals surface area (Å²) in [6.45, 7) is 3.13. The van der Waals surface area contributed by atoms with Crippen molar-refractivity contribution in [3.63, 3.8) is 0 Å². The number of ether oxygens (including phenoxy) is 4. The lowest BCUT2D eigenvalue weighted by molar-refractivity contribution is -0.137. The first-order chi connectivity index (χ1) is 15.7. The van der Waals surface area contributed by atoms with Crippen LogP contribution in [-0.4, -0.2) is 88.0 Å². The van der Waals surface area contributed by atoms with E-state index < -0.39 is 29.8 Å². The Hall–Kier alpha value is -2.41. The number of methoxy groups -OCH3 is 1. The minimum atomic E-state index is -4.53. The number of carbonyl (C=O) groups excluding carboxylic acids is 1. The Kier molecular flexibility index (Phi) is 10.8. The molecule has 0 saturated carbocycles. The molecular weight excluding hydrogens is 449 g/mol. The zero-order valence-electron chi connectivity index (χ0n) is 18.3. The Morgan fingerprint density at radius 1 is 1.09 bits per heavy atom. The molecule has 0 unspecified atom stereocenters. The quantitative estimate of drug-likeness (QED) is 0.419. The highest BCUT2D eigenvalue weighted by molar-refractivity contribution is 5.86. The lowest BCUT2D eigenvalue weighted by atomic mass is 10.0. The summed E-state index contributed by atoms with van der Waals surface area (Å²) in [6, 6.07) is 2.52. The number of benzene rings is 1. The van der Waals surface area contributed by atoms with E-state index in [9.17, 15) is 22.8 Å². The minimum absolute atomic E-state index is 0.126. The first kappa shape index (κ1) is 26.8. The molecule has 0 aliphatic carbocycles. The lowest BCUT2D eigenvalue weighted by Crippen LogP contribution is -2.42. The molecule has 1 aromatic rings. The number of hydrogen-bond donors (Lipinski definition) is 2. The van der Waals surface area contributed by atoms with Crippen molar-refractivity contribution in [1.82, 2.24) is 10.2 Å². The van der Waals surface area contributed by atoms with Gasteiger partial charge in [-0.2, -0.15) is 13.2 Å². The number of rotatable bonds is 13. The van der Waals surface area contributed by atoms with E-state index in [4.69, 9.17) is 24.1 Å². The molecule has 0 bridgehead atoms. The van der Waals surface area contributed by atoms with Crippen molar-refractivity contribution in [2.45, 2.75) is 24.7 Å². The molecule has 0 radical (unpaired) electrons. The van der Waals surface area contributed by atoms with Gasteiger partial charge in [0.2, 0.25) is 5.91 Å². The number of amides is 2. The van der Waals surface area contributed by atoms with Crippen molar-refractivity contribution in [3.05, 3.63) is 35.4 Å². The molecule has 1 aliphatic heterocycles. The van der Waals surface area contributed by atoms with Gasteiger partial charge in [0.15, 0.2) is 0 Å². The molecule has 1 fully saturated rings. The van der Waals surface area contributed by atoms with Crippen LogP contribution in [0.2, 0.25) is 0 Å².